The summed E-state index contributed by atoms with van der Waals surface area (Å²) in [5.41, 5.74) is 2.68. The Morgan fingerprint density at radius 2 is 1.89 bits per heavy atom. The first kappa shape index (κ1) is 18.5. The number of benzene rings is 1. The summed E-state index contributed by atoms with van der Waals surface area (Å²) < 4.78 is 5.06. The average molecular weight is 380 g/mol. The zero-order valence-electron chi connectivity index (χ0n) is 16.4. The normalized spacial score (nSPS) is 23.8. The molecule has 1 amide bonds. The fourth-order valence-corrected chi connectivity index (χ4v) is 4.59. The molecule has 1 fully saturated rings. The molecule has 0 saturated carbocycles. The van der Waals surface area contributed by atoms with Gasteiger partial charge in [0, 0.05) is 36.7 Å². The number of ketones is 1. The van der Waals surface area contributed by atoms with Gasteiger partial charge in [0.15, 0.2) is 5.78 Å². The predicted molar refractivity (Wildman–Crippen MR) is 103 cm³/mol. The topological polar surface area (TPSA) is 75.7 Å². The van der Waals surface area contributed by atoms with E-state index in [-0.39, 0.29) is 22.7 Å². The summed E-state index contributed by atoms with van der Waals surface area (Å²) in [6, 6.07) is 9.42. The molecule has 0 bridgehead atoms. The quantitative estimate of drug-likeness (QED) is 0.797. The second-order valence-electron chi connectivity index (χ2n) is 8.31. The van der Waals surface area contributed by atoms with Crippen molar-refractivity contribution in [3.63, 3.8) is 0 Å². The van der Waals surface area contributed by atoms with Gasteiger partial charge in [0.2, 0.25) is 0 Å². The molecule has 0 aromatic heterocycles. The Kier molecular flexibility index (Phi) is 4.37. The smallest absolute Gasteiger partial charge is 0.337 e. The summed E-state index contributed by atoms with van der Waals surface area (Å²) in [5, 5.41) is 2.84. The summed E-state index contributed by atoms with van der Waals surface area (Å²) in [6.45, 7) is 5.13. The van der Waals surface area contributed by atoms with Gasteiger partial charge in [-0.3, -0.25) is 9.59 Å². The number of carbonyl (C=O) groups excluding carboxylic acids is 3. The Hall–Kier alpha value is -2.89. The van der Waals surface area contributed by atoms with Gasteiger partial charge in [0.25, 0.3) is 5.91 Å². The molecule has 1 saturated heterocycles. The summed E-state index contributed by atoms with van der Waals surface area (Å²) in [4.78, 5) is 40.8. The highest BCUT2D eigenvalue weighted by atomic mass is 16.5. The van der Waals surface area contributed by atoms with E-state index in [4.69, 9.17) is 4.74 Å². The average Bonchev–Trinajstić information content (AvgIpc) is 2.66. The van der Waals surface area contributed by atoms with Crippen molar-refractivity contribution >= 4 is 17.7 Å². The third-order valence-corrected chi connectivity index (χ3v) is 5.70. The monoisotopic (exact) mass is 380 g/mol. The Labute approximate surface area is 164 Å². The van der Waals surface area contributed by atoms with Crippen LogP contribution in [0.1, 0.15) is 38.2 Å². The van der Waals surface area contributed by atoms with Gasteiger partial charge in [-0.2, -0.15) is 0 Å². The van der Waals surface area contributed by atoms with E-state index in [0.29, 0.717) is 37.2 Å². The third kappa shape index (κ3) is 2.84. The van der Waals surface area contributed by atoms with Gasteiger partial charge in [-0.1, -0.05) is 44.2 Å². The van der Waals surface area contributed by atoms with Crippen LogP contribution in [0, 0.1) is 5.41 Å². The van der Waals surface area contributed by atoms with Gasteiger partial charge >= 0.3 is 5.97 Å². The van der Waals surface area contributed by atoms with E-state index in [9.17, 15) is 14.4 Å². The van der Waals surface area contributed by atoms with E-state index in [0.717, 1.165) is 11.3 Å². The molecule has 1 unspecified atom stereocenters. The van der Waals surface area contributed by atoms with Crippen LogP contribution in [-0.4, -0.2) is 42.8 Å². The van der Waals surface area contributed by atoms with E-state index in [2.05, 4.69) is 19.2 Å². The number of methoxy groups -OCH3 is 1. The Bertz CT molecular complexity index is 927. The maximum atomic E-state index is 13.3. The molecular formula is C22H24N2O4. The number of allylic oxidation sites excluding steroid dienone is 2. The van der Waals surface area contributed by atoms with Gasteiger partial charge in [-0.15, -0.1) is 0 Å². The molecule has 3 aliphatic rings. The molecule has 2 heterocycles. The molecule has 0 spiro atoms. The second-order valence-corrected chi connectivity index (χ2v) is 8.31. The van der Waals surface area contributed by atoms with Crippen LogP contribution in [0.2, 0.25) is 0 Å². The molecule has 1 aliphatic carbocycles. The number of hydrogen-bond donors (Lipinski definition) is 1. The lowest BCUT2D eigenvalue weighted by molar-refractivity contribution is -0.137. The van der Waals surface area contributed by atoms with Crippen LogP contribution in [-0.2, 0) is 19.1 Å². The fourth-order valence-electron chi connectivity index (χ4n) is 4.59. The van der Waals surface area contributed by atoms with Crippen LogP contribution in [0.15, 0.2) is 52.9 Å². The van der Waals surface area contributed by atoms with Crippen LogP contribution in [0.3, 0.4) is 0 Å². The van der Waals surface area contributed by atoms with E-state index < -0.39 is 11.9 Å². The zero-order valence-corrected chi connectivity index (χ0v) is 16.4. The van der Waals surface area contributed by atoms with Crippen molar-refractivity contribution in [1.82, 2.24) is 10.2 Å². The number of rotatable bonds is 2. The molecule has 1 aromatic rings. The minimum absolute atomic E-state index is 0.0338. The third-order valence-electron chi connectivity index (χ3n) is 5.70. The highest BCUT2D eigenvalue weighted by Gasteiger charge is 2.48. The number of nitrogens with zero attached hydrogens (tertiary/aromatic N) is 1. The standard InChI is InChI=1S/C22H24N2O4/c1-22(2)11-14-17(15(25)12-22)16(13-7-5-4-6-8-13)18(21(27)28-3)19-20(26)23-9-10-24(14)19/h4-8,16H,9-12H2,1-3H3,(H,23,26). The minimum Gasteiger partial charge on any atom is -0.466 e. The number of hydrogen-bond acceptors (Lipinski definition) is 5. The van der Waals surface area contributed by atoms with Crippen LogP contribution in [0.5, 0.6) is 0 Å². The second kappa shape index (κ2) is 6.62. The maximum absolute atomic E-state index is 13.3. The van der Waals surface area contributed by atoms with Gasteiger partial charge in [-0.25, -0.2) is 4.79 Å². The van der Waals surface area contributed by atoms with Crippen molar-refractivity contribution in [3.8, 4) is 0 Å². The van der Waals surface area contributed by atoms with E-state index >= 15 is 0 Å². The lowest BCUT2D eigenvalue weighted by Gasteiger charge is -2.46. The highest BCUT2D eigenvalue weighted by Crippen LogP contribution is 2.50. The summed E-state index contributed by atoms with van der Waals surface area (Å²) in [6.07, 6.45) is 1.10. The van der Waals surface area contributed by atoms with E-state index in [1.807, 2.05) is 35.2 Å². The lowest BCUT2D eigenvalue weighted by atomic mass is 9.68. The number of fused-ring (bicyclic) bond motifs is 2. The SMILES string of the molecule is COC(=O)C1=C2C(=O)NCCN2C2=C(C(=O)CC(C)(C)C2)C1c1ccccc1. The molecule has 1 aromatic carbocycles. The summed E-state index contributed by atoms with van der Waals surface area (Å²) >= 11 is 0. The summed E-state index contributed by atoms with van der Waals surface area (Å²) in [7, 11) is 1.30. The van der Waals surface area contributed by atoms with Crippen molar-refractivity contribution in [3.05, 3.63) is 58.4 Å². The van der Waals surface area contributed by atoms with Crippen molar-refractivity contribution in [1.29, 1.82) is 0 Å². The van der Waals surface area contributed by atoms with Crippen molar-refractivity contribution in [2.75, 3.05) is 20.2 Å². The molecule has 1 N–H and O–H groups in total. The van der Waals surface area contributed by atoms with E-state index in [1.165, 1.54) is 7.11 Å². The van der Waals surface area contributed by atoms with Gasteiger partial charge < -0.3 is 15.0 Å². The van der Waals surface area contributed by atoms with Crippen molar-refractivity contribution in [2.24, 2.45) is 5.41 Å². The molecule has 4 rings (SSSR count). The molecule has 1 atom stereocenters. The number of carbonyl (C=O) groups is 3. The van der Waals surface area contributed by atoms with Crippen molar-refractivity contribution in [2.45, 2.75) is 32.6 Å². The van der Waals surface area contributed by atoms with Crippen LogP contribution < -0.4 is 5.32 Å². The summed E-state index contributed by atoms with van der Waals surface area (Å²) in [5.74, 6) is -1.43. The number of piperazine rings is 1. The molecule has 146 valence electrons. The predicted octanol–water partition coefficient (Wildman–Crippen LogP) is 2.29. The Morgan fingerprint density at radius 1 is 1.18 bits per heavy atom. The highest BCUT2D eigenvalue weighted by molar-refractivity contribution is 6.09. The largest absolute Gasteiger partial charge is 0.466 e. The molecular weight excluding hydrogens is 356 g/mol. The molecule has 6 nitrogen and oxygen atoms in total. The van der Waals surface area contributed by atoms with Gasteiger partial charge in [-0.05, 0) is 17.4 Å². The Balaban J connectivity index is 2.02. The molecule has 28 heavy (non-hydrogen) atoms. The molecule has 0 radical (unpaired) electrons. The number of ether oxygens (including phenoxy) is 1. The lowest BCUT2D eigenvalue weighted by Crippen LogP contribution is -2.51. The minimum atomic E-state index is -0.595. The maximum Gasteiger partial charge on any atom is 0.337 e. The zero-order chi connectivity index (χ0) is 20.1. The first-order chi connectivity index (χ1) is 13.3. The Morgan fingerprint density at radius 3 is 2.57 bits per heavy atom. The first-order valence-corrected chi connectivity index (χ1v) is 9.53. The molecule has 2 aliphatic heterocycles. The van der Waals surface area contributed by atoms with Crippen molar-refractivity contribution < 1.29 is 19.1 Å². The van der Waals surface area contributed by atoms with Crippen LogP contribution in [0.25, 0.3) is 0 Å². The molecule has 6 heteroatoms. The van der Waals surface area contributed by atoms with Gasteiger partial charge in [0.1, 0.15) is 5.70 Å². The van der Waals surface area contributed by atoms with E-state index in [1.54, 1.807) is 0 Å². The van der Waals surface area contributed by atoms with Crippen LogP contribution >= 0.6 is 0 Å². The fraction of sp³-hybridized carbons (Fsp3) is 0.409. The van der Waals surface area contributed by atoms with Crippen LogP contribution in [0.4, 0.5) is 0 Å². The number of Topliss-reactive ketones (excluding diaryl/α,β-unsaturated/α-hetero) is 1. The number of nitrogens with one attached hydrogen (secondary N) is 1. The number of esters is 1. The first-order valence-electron chi connectivity index (χ1n) is 9.53. The number of amides is 1. The van der Waals surface area contributed by atoms with Gasteiger partial charge in [0.05, 0.1) is 12.7 Å².